The van der Waals surface area contributed by atoms with Crippen molar-refractivity contribution in [3.05, 3.63) is 77.0 Å². The highest BCUT2D eigenvalue weighted by molar-refractivity contribution is 6.03. The Hall–Kier alpha value is -2.65. The van der Waals surface area contributed by atoms with E-state index in [1.165, 1.54) is 27.7 Å². The second-order valence-corrected chi connectivity index (χ2v) is 7.30. The third-order valence-corrected chi connectivity index (χ3v) is 5.57. The van der Waals surface area contributed by atoms with E-state index in [1.807, 2.05) is 6.07 Å². The average molecular weight is 358 g/mol. The second kappa shape index (κ2) is 7.53. The van der Waals surface area contributed by atoms with Crippen LogP contribution < -0.4 is 0 Å². The number of benzene rings is 2. The lowest BCUT2D eigenvalue weighted by Gasteiger charge is -2.28. The van der Waals surface area contributed by atoms with E-state index in [0.717, 1.165) is 31.8 Å². The van der Waals surface area contributed by atoms with E-state index in [9.17, 15) is 4.79 Å². The minimum atomic E-state index is 0.284. The summed E-state index contributed by atoms with van der Waals surface area (Å²) in [6.07, 6.45) is 2.74. The number of fused-ring (bicyclic) bond motifs is 1. The highest BCUT2D eigenvalue weighted by atomic mass is 16.1. The summed E-state index contributed by atoms with van der Waals surface area (Å²) in [6, 6.07) is 19.0. The number of aromatic nitrogens is 1. The predicted octanol–water partition coefficient (Wildman–Crippen LogP) is 4.83. The second-order valence-electron chi connectivity index (χ2n) is 7.30. The molecule has 1 fully saturated rings. The molecule has 0 saturated carbocycles. The first-order chi connectivity index (χ1) is 13.2. The smallest absolute Gasteiger partial charge is 0.161 e. The number of carbonyl (C=O) groups excluding carboxylic acids is 1. The van der Waals surface area contributed by atoms with Crippen LogP contribution in [0.1, 0.15) is 30.2 Å². The Balaban J connectivity index is 1.67. The van der Waals surface area contributed by atoms with E-state index < -0.39 is 0 Å². The fraction of sp³-hybridized carbons (Fsp3) is 0.292. The molecule has 0 radical (unpaired) electrons. The molecule has 1 saturated heterocycles. The Morgan fingerprint density at radius 2 is 1.78 bits per heavy atom. The molecule has 0 unspecified atom stereocenters. The summed E-state index contributed by atoms with van der Waals surface area (Å²) >= 11 is 0. The molecule has 0 spiro atoms. The van der Waals surface area contributed by atoms with Gasteiger partial charge >= 0.3 is 0 Å². The van der Waals surface area contributed by atoms with Gasteiger partial charge in [-0.2, -0.15) is 0 Å². The van der Waals surface area contributed by atoms with Crippen LogP contribution in [0.2, 0.25) is 0 Å². The molecule has 0 amide bonds. The van der Waals surface area contributed by atoms with Crippen LogP contribution in [-0.2, 0) is 17.9 Å². The summed E-state index contributed by atoms with van der Waals surface area (Å²) in [4.78, 5) is 15.0. The Morgan fingerprint density at radius 3 is 2.56 bits per heavy atom. The molecule has 3 aromatic rings. The molecule has 3 nitrogen and oxygen atoms in total. The molecule has 138 valence electrons. The summed E-state index contributed by atoms with van der Waals surface area (Å²) in [6.45, 7) is 7.71. The van der Waals surface area contributed by atoms with Gasteiger partial charge in [0.05, 0.1) is 0 Å². The van der Waals surface area contributed by atoms with Crippen LogP contribution in [0.5, 0.6) is 0 Å². The molecule has 3 heteroatoms. The van der Waals surface area contributed by atoms with Crippen LogP contribution >= 0.6 is 0 Å². The number of piperidine rings is 1. The fourth-order valence-electron chi connectivity index (χ4n) is 4.15. The van der Waals surface area contributed by atoms with Crippen molar-refractivity contribution in [1.82, 2.24) is 9.47 Å². The molecular weight excluding hydrogens is 332 g/mol. The van der Waals surface area contributed by atoms with Crippen molar-refractivity contribution >= 4 is 22.8 Å². The van der Waals surface area contributed by atoms with Crippen molar-refractivity contribution in [2.45, 2.75) is 33.4 Å². The van der Waals surface area contributed by atoms with Crippen LogP contribution in [0.3, 0.4) is 0 Å². The van der Waals surface area contributed by atoms with Gasteiger partial charge in [-0.3, -0.25) is 9.69 Å². The topological polar surface area (TPSA) is 25.2 Å². The van der Waals surface area contributed by atoms with Gasteiger partial charge in [0.15, 0.2) is 5.78 Å². The van der Waals surface area contributed by atoms with Crippen LogP contribution in [-0.4, -0.2) is 28.3 Å². The third-order valence-electron chi connectivity index (χ3n) is 5.57. The zero-order valence-corrected chi connectivity index (χ0v) is 16.1. The summed E-state index contributed by atoms with van der Waals surface area (Å²) in [5, 5.41) is 1.23. The Bertz CT molecular complexity index is 998. The molecule has 1 aliphatic rings. The first-order valence-electron chi connectivity index (χ1n) is 9.75. The van der Waals surface area contributed by atoms with Gasteiger partial charge in [0.1, 0.15) is 0 Å². The number of carbonyl (C=O) groups is 1. The van der Waals surface area contributed by atoms with Crippen molar-refractivity contribution in [2.75, 3.05) is 13.1 Å². The predicted molar refractivity (Wildman–Crippen MR) is 112 cm³/mol. The largest absolute Gasteiger partial charge is 0.345 e. The Kier molecular flexibility index (Phi) is 4.95. The molecule has 0 N–H and O–H groups in total. The molecule has 2 heterocycles. The number of rotatable bonds is 4. The number of Topliss-reactive ketones (excluding diaryl/α,β-unsaturated/α-hetero) is 1. The first kappa shape index (κ1) is 17.7. The van der Waals surface area contributed by atoms with Crippen LogP contribution in [0, 0.1) is 6.92 Å². The minimum Gasteiger partial charge on any atom is -0.345 e. The molecule has 1 aromatic heterocycles. The molecule has 0 atom stereocenters. The SMILES string of the molecule is CCn1c(C)c(/C=C2\CN(Cc3ccccc3)CCC2=O)c2ccccc21. The number of ketones is 1. The Morgan fingerprint density at radius 1 is 1.04 bits per heavy atom. The van der Waals surface area contributed by atoms with E-state index in [1.54, 1.807) is 0 Å². The number of aryl methyl sites for hydroxylation is 1. The molecule has 0 aliphatic carbocycles. The van der Waals surface area contributed by atoms with Crippen molar-refractivity contribution in [3.8, 4) is 0 Å². The van der Waals surface area contributed by atoms with E-state index in [4.69, 9.17) is 0 Å². The van der Waals surface area contributed by atoms with Gasteiger partial charge in [-0.25, -0.2) is 0 Å². The van der Waals surface area contributed by atoms with Crippen LogP contribution in [0.4, 0.5) is 0 Å². The standard InChI is InChI=1S/C24H26N2O/c1-3-26-18(2)22(21-11-7-8-12-23(21)26)15-20-17-25(14-13-24(20)27)16-19-9-5-4-6-10-19/h4-12,15H,3,13-14,16-17H2,1-2H3/b20-15+. The van der Waals surface area contributed by atoms with Crippen molar-refractivity contribution in [3.63, 3.8) is 0 Å². The maximum Gasteiger partial charge on any atom is 0.161 e. The lowest BCUT2D eigenvalue weighted by molar-refractivity contribution is -0.117. The summed E-state index contributed by atoms with van der Waals surface area (Å²) in [5.41, 5.74) is 5.90. The number of hydrogen-bond donors (Lipinski definition) is 0. The number of para-hydroxylation sites is 1. The van der Waals surface area contributed by atoms with Gasteiger partial charge in [0.2, 0.25) is 0 Å². The summed E-state index contributed by atoms with van der Waals surface area (Å²) < 4.78 is 2.33. The molecule has 27 heavy (non-hydrogen) atoms. The maximum absolute atomic E-state index is 12.6. The van der Waals surface area contributed by atoms with Gasteiger partial charge in [-0.15, -0.1) is 0 Å². The molecular formula is C24H26N2O. The van der Waals surface area contributed by atoms with Gasteiger partial charge in [-0.1, -0.05) is 48.5 Å². The minimum absolute atomic E-state index is 0.284. The zero-order valence-electron chi connectivity index (χ0n) is 16.1. The molecule has 4 rings (SSSR count). The van der Waals surface area contributed by atoms with Gasteiger partial charge < -0.3 is 4.57 Å². The summed E-state index contributed by atoms with van der Waals surface area (Å²) in [5.74, 6) is 0.284. The fourth-order valence-corrected chi connectivity index (χ4v) is 4.15. The van der Waals surface area contributed by atoms with E-state index in [-0.39, 0.29) is 5.78 Å². The van der Waals surface area contributed by atoms with E-state index in [0.29, 0.717) is 6.42 Å². The molecule has 1 aliphatic heterocycles. The van der Waals surface area contributed by atoms with Gasteiger partial charge in [-0.05, 0) is 31.6 Å². The van der Waals surface area contributed by atoms with Crippen molar-refractivity contribution < 1.29 is 4.79 Å². The van der Waals surface area contributed by atoms with Crippen molar-refractivity contribution in [1.29, 1.82) is 0 Å². The quantitative estimate of drug-likeness (QED) is 0.624. The van der Waals surface area contributed by atoms with Gasteiger partial charge in [0, 0.05) is 60.3 Å². The highest BCUT2D eigenvalue weighted by Crippen LogP contribution is 2.29. The lowest BCUT2D eigenvalue weighted by Crippen LogP contribution is -2.35. The molecule has 0 bridgehead atoms. The monoisotopic (exact) mass is 358 g/mol. The highest BCUT2D eigenvalue weighted by Gasteiger charge is 2.22. The molecule has 2 aromatic carbocycles. The summed E-state index contributed by atoms with van der Waals surface area (Å²) in [7, 11) is 0. The number of nitrogens with zero attached hydrogens (tertiary/aromatic N) is 2. The van der Waals surface area contributed by atoms with Crippen molar-refractivity contribution in [2.24, 2.45) is 0 Å². The first-order valence-corrected chi connectivity index (χ1v) is 9.75. The van der Waals surface area contributed by atoms with Crippen LogP contribution in [0.15, 0.2) is 60.2 Å². The van der Waals surface area contributed by atoms with E-state index >= 15 is 0 Å². The Labute approximate surface area is 160 Å². The van der Waals surface area contributed by atoms with Gasteiger partial charge in [0.25, 0.3) is 0 Å². The zero-order chi connectivity index (χ0) is 18.8. The van der Waals surface area contributed by atoms with Crippen LogP contribution in [0.25, 0.3) is 17.0 Å². The third kappa shape index (κ3) is 3.47. The average Bonchev–Trinajstić information content (AvgIpc) is 2.96. The lowest BCUT2D eigenvalue weighted by atomic mass is 9.98. The van der Waals surface area contributed by atoms with E-state index in [2.05, 4.69) is 77.9 Å². The normalized spacial score (nSPS) is 17.1. The number of likely N-dealkylation sites (tertiary alicyclic amines) is 1. The number of hydrogen-bond acceptors (Lipinski definition) is 2. The maximum atomic E-state index is 12.6.